The van der Waals surface area contributed by atoms with E-state index < -0.39 is 38.3 Å². The highest BCUT2D eigenvalue weighted by atomic mass is 32.2. The molecule has 8 heteroatoms. The lowest BCUT2D eigenvalue weighted by molar-refractivity contribution is -0.117. The number of carbonyl (C=O) groups is 2. The summed E-state index contributed by atoms with van der Waals surface area (Å²) >= 11 is 0. The molecule has 3 N–H and O–H groups in total. The zero-order chi connectivity index (χ0) is 12.3. The number of furan rings is 1. The molecule has 0 saturated heterocycles. The number of primary amides is 1. The van der Waals surface area contributed by atoms with Gasteiger partial charge in [0.05, 0.1) is 5.75 Å². The molecule has 0 aliphatic rings. The van der Waals surface area contributed by atoms with Crippen molar-refractivity contribution in [3.8, 4) is 0 Å². The Kier molecular flexibility index (Phi) is 3.33. The van der Waals surface area contributed by atoms with Crippen molar-refractivity contribution in [3.05, 3.63) is 17.9 Å². The normalized spacial score (nSPS) is 11.2. The van der Waals surface area contributed by atoms with Gasteiger partial charge in [-0.2, -0.15) is 0 Å². The van der Waals surface area contributed by atoms with E-state index in [2.05, 4.69) is 4.42 Å². The molecule has 0 unspecified atom stereocenters. The molecule has 0 spiro atoms. The van der Waals surface area contributed by atoms with Crippen LogP contribution in [-0.4, -0.2) is 31.2 Å². The molecular weight excluding hydrogens is 238 g/mol. The van der Waals surface area contributed by atoms with Crippen molar-refractivity contribution in [3.63, 3.8) is 0 Å². The van der Waals surface area contributed by atoms with Crippen LogP contribution in [0.4, 0.5) is 0 Å². The number of carbonyl (C=O) groups excluding carboxylic acids is 1. The zero-order valence-electron chi connectivity index (χ0n) is 8.04. The van der Waals surface area contributed by atoms with Gasteiger partial charge in [0.1, 0.15) is 0 Å². The van der Waals surface area contributed by atoms with Crippen molar-refractivity contribution in [2.75, 3.05) is 5.75 Å². The lowest BCUT2D eigenvalue weighted by Crippen LogP contribution is -2.17. The van der Waals surface area contributed by atoms with E-state index in [-0.39, 0.29) is 6.42 Å². The number of carboxylic acid groups (broad SMARTS) is 1. The fraction of sp³-hybridized carbons (Fsp3) is 0.250. The first-order valence-corrected chi connectivity index (χ1v) is 5.82. The number of aromatic carboxylic acids is 1. The summed E-state index contributed by atoms with van der Waals surface area (Å²) in [5, 5.41) is 8.04. The molecule has 16 heavy (non-hydrogen) atoms. The Hall–Kier alpha value is -1.83. The van der Waals surface area contributed by atoms with Crippen LogP contribution in [0.1, 0.15) is 17.0 Å². The third-order valence-corrected chi connectivity index (χ3v) is 3.29. The maximum absolute atomic E-state index is 11.5. The number of amides is 1. The summed E-state index contributed by atoms with van der Waals surface area (Å²) in [7, 11) is -3.80. The second kappa shape index (κ2) is 4.35. The van der Waals surface area contributed by atoms with Crippen molar-refractivity contribution in [1.29, 1.82) is 0 Å². The molecule has 88 valence electrons. The van der Waals surface area contributed by atoms with Gasteiger partial charge in [0.2, 0.25) is 26.6 Å². The molecule has 0 aromatic carbocycles. The van der Waals surface area contributed by atoms with Crippen LogP contribution in [0.2, 0.25) is 0 Å². The van der Waals surface area contributed by atoms with Crippen LogP contribution in [0.15, 0.2) is 21.6 Å². The predicted molar refractivity (Wildman–Crippen MR) is 51.5 cm³/mol. The Balaban J connectivity index is 2.90. The maximum atomic E-state index is 11.5. The molecule has 0 saturated carbocycles. The molecule has 1 aromatic rings. The van der Waals surface area contributed by atoms with Gasteiger partial charge < -0.3 is 15.3 Å². The summed E-state index contributed by atoms with van der Waals surface area (Å²) < 4.78 is 27.6. The van der Waals surface area contributed by atoms with E-state index in [9.17, 15) is 18.0 Å². The van der Waals surface area contributed by atoms with E-state index in [4.69, 9.17) is 10.8 Å². The van der Waals surface area contributed by atoms with Gasteiger partial charge in [-0.3, -0.25) is 4.79 Å². The van der Waals surface area contributed by atoms with Crippen molar-refractivity contribution >= 4 is 21.7 Å². The Morgan fingerprint density at radius 1 is 1.38 bits per heavy atom. The number of carboxylic acids is 1. The van der Waals surface area contributed by atoms with Crippen molar-refractivity contribution in [2.45, 2.75) is 11.5 Å². The van der Waals surface area contributed by atoms with E-state index in [0.717, 1.165) is 12.1 Å². The fourth-order valence-electron chi connectivity index (χ4n) is 0.938. The van der Waals surface area contributed by atoms with E-state index in [1.54, 1.807) is 0 Å². The maximum Gasteiger partial charge on any atom is 0.371 e. The Morgan fingerprint density at radius 3 is 2.44 bits per heavy atom. The summed E-state index contributed by atoms with van der Waals surface area (Å²) in [5.41, 5.74) is 4.80. The molecule has 1 amide bonds. The second-order valence-corrected chi connectivity index (χ2v) is 5.00. The lowest BCUT2D eigenvalue weighted by atomic mass is 10.5. The number of sulfone groups is 1. The Morgan fingerprint density at radius 2 is 2.00 bits per heavy atom. The van der Waals surface area contributed by atoms with E-state index in [1.165, 1.54) is 0 Å². The van der Waals surface area contributed by atoms with Gasteiger partial charge in [-0.15, -0.1) is 0 Å². The van der Waals surface area contributed by atoms with E-state index >= 15 is 0 Å². The number of hydrogen-bond acceptors (Lipinski definition) is 5. The van der Waals surface area contributed by atoms with Gasteiger partial charge in [0.15, 0.2) is 0 Å². The highest BCUT2D eigenvalue weighted by Gasteiger charge is 2.21. The minimum atomic E-state index is -3.80. The van der Waals surface area contributed by atoms with E-state index in [1.807, 2.05) is 0 Å². The zero-order valence-corrected chi connectivity index (χ0v) is 8.86. The standard InChI is InChI=1S/C8H9NO6S/c9-6(10)3-4-16(13,14)7-2-1-5(15-7)8(11)12/h1-2H,3-4H2,(H2,9,10)(H,11,12). The molecule has 1 heterocycles. The predicted octanol–water partition coefficient (Wildman–Crippen LogP) is -0.373. The van der Waals surface area contributed by atoms with Crippen molar-refractivity contribution < 1.29 is 27.5 Å². The highest BCUT2D eigenvalue weighted by molar-refractivity contribution is 7.91. The first-order valence-electron chi connectivity index (χ1n) is 4.17. The molecule has 0 radical (unpaired) electrons. The monoisotopic (exact) mass is 247 g/mol. The summed E-state index contributed by atoms with van der Waals surface area (Å²) in [6.45, 7) is 0. The van der Waals surface area contributed by atoms with Crippen LogP contribution < -0.4 is 5.73 Å². The highest BCUT2D eigenvalue weighted by Crippen LogP contribution is 2.16. The number of hydrogen-bond donors (Lipinski definition) is 2. The SMILES string of the molecule is NC(=O)CCS(=O)(=O)c1ccc(C(=O)O)o1. The van der Waals surface area contributed by atoms with Gasteiger partial charge in [0.25, 0.3) is 0 Å². The van der Waals surface area contributed by atoms with Gasteiger partial charge in [-0.1, -0.05) is 0 Å². The minimum absolute atomic E-state index is 0.342. The number of rotatable bonds is 5. The van der Waals surface area contributed by atoms with E-state index in [0.29, 0.717) is 0 Å². The third-order valence-electron chi connectivity index (χ3n) is 1.72. The largest absolute Gasteiger partial charge is 0.475 e. The van der Waals surface area contributed by atoms with Crippen molar-refractivity contribution in [2.24, 2.45) is 5.73 Å². The summed E-state index contributed by atoms with van der Waals surface area (Å²) in [6, 6.07) is 2.05. The van der Waals surface area contributed by atoms with Gasteiger partial charge in [-0.25, -0.2) is 13.2 Å². The molecule has 0 bridgehead atoms. The molecule has 0 aliphatic carbocycles. The number of nitrogens with two attached hydrogens (primary N) is 1. The second-order valence-electron chi connectivity index (χ2n) is 2.96. The summed E-state index contributed by atoms with van der Waals surface area (Å²) in [5.74, 6) is -3.10. The third kappa shape index (κ3) is 2.83. The van der Waals surface area contributed by atoms with Crippen LogP contribution in [0.3, 0.4) is 0 Å². The first-order chi connectivity index (χ1) is 7.33. The first kappa shape index (κ1) is 12.2. The van der Waals surface area contributed by atoms with Crippen LogP contribution in [-0.2, 0) is 14.6 Å². The van der Waals surface area contributed by atoms with Crippen LogP contribution >= 0.6 is 0 Å². The minimum Gasteiger partial charge on any atom is -0.475 e. The topological polar surface area (TPSA) is 128 Å². The molecule has 1 aromatic heterocycles. The average Bonchev–Trinajstić information content (AvgIpc) is 2.64. The molecule has 7 nitrogen and oxygen atoms in total. The van der Waals surface area contributed by atoms with Crippen LogP contribution in [0.5, 0.6) is 0 Å². The van der Waals surface area contributed by atoms with Gasteiger partial charge in [-0.05, 0) is 12.1 Å². The lowest BCUT2D eigenvalue weighted by Gasteiger charge is -1.97. The quantitative estimate of drug-likeness (QED) is 0.730. The van der Waals surface area contributed by atoms with Gasteiger partial charge in [0, 0.05) is 6.42 Å². The Labute approximate surface area is 90.8 Å². The molecule has 0 aliphatic heterocycles. The summed E-state index contributed by atoms with van der Waals surface area (Å²) in [6.07, 6.45) is -0.342. The molecule has 0 atom stereocenters. The fourth-order valence-corrected chi connectivity index (χ4v) is 2.10. The smallest absolute Gasteiger partial charge is 0.371 e. The molecule has 1 rings (SSSR count). The van der Waals surface area contributed by atoms with Crippen LogP contribution in [0.25, 0.3) is 0 Å². The Bertz CT molecular complexity index is 514. The summed E-state index contributed by atoms with van der Waals surface area (Å²) in [4.78, 5) is 20.9. The molecule has 0 fully saturated rings. The van der Waals surface area contributed by atoms with Crippen molar-refractivity contribution in [1.82, 2.24) is 0 Å². The molecular formula is C8H9NO6S. The average molecular weight is 247 g/mol. The van der Waals surface area contributed by atoms with Gasteiger partial charge >= 0.3 is 5.97 Å². The van der Waals surface area contributed by atoms with Crippen LogP contribution in [0, 0.1) is 0 Å².